The Balaban J connectivity index is 1.82. The van der Waals surface area contributed by atoms with Crippen LogP contribution in [0.2, 0.25) is 5.02 Å². The third-order valence-corrected chi connectivity index (χ3v) is 3.57. The molecule has 2 aromatic carbocycles. The van der Waals surface area contributed by atoms with E-state index < -0.39 is 6.10 Å². The first kappa shape index (κ1) is 16.5. The number of amides is 1. The number of nitrogens with one attached hydrogen (secondary N) is 2. The first-order valence-electron chi connectivity index (χ1n) is 7.14. The molecule has 0 spiro atoms. The number of quaternary nitrogens is 1. The molecule has 2 atom stereocenters. The smallest absolute Gasteiger partial charge is 0.279 e. The van der Waals surface area contributed by atoms with E-state index in [-0.39, 0.29) is 12.5 Å². The number of benzene rings is 2. The second-order valence-corrected chi connectivity index (χ2v) is 5.76. The largest absolute Gasteiger partial charge is 0.382 e. The number of aliphatic hydroxyl groups excluding tert-OH is 1. The number of rotatable bonds is 6. The standard InChI is InChI=1S/C17H19ClN2O2/c1-20(11-16(21)13-5-3-2-4-6-13)12-17(22)19-15-9-7-14(18)8-10-15/h2-10,16,21H,11-12H2,1H3,(H,19,22)/p+1/t16-/m1/s1. The summed E-state index contributed by atoms with van der Waals surface area (Å²) in [4.78, 5) is 12.9. The first-order valence-corrected chi connectivity index (χ1v) is 7.52. The molecule has 0 heterocycles. The van der Waals surface area contributed by atoms with Crippen LogP contribution >= 0.6 is 11.6 Å². The van der Waals surface area contributed by atoms with Gasteiger partial charge in [0.1, 0.15) is 12.6 Å². The van der Waals surface area contributed by atoms with Crippen molar-refractivity contribution in [3.8, 4) is 0 Å². The molecule has 1 unspecified atom stereocenters. The highest BCUT2D eigenvalue weighted by Gasteiger charge is 2.16. The summed E-state index contributed by atoms with van der Waals surface area (Å²) in [5, 5.41) is 13.6. The van der Waals surface area contributed by atoms with Crippen molar-refractivity contribution >= 4 is 23.2 Å². The lowest BCUT2D eigenvalue weighted by Crippen LogP contribution is -3.10. The molecule has 0 radical (unpaired) electrons. The minimum Gasteiger partial charge on any atom is -0.382 e. The monoisotopic (exact) mass is 319 g/mol. The highest BCUT2D eigenvalue weighted by molar-refractivity contribution is 6.30. The van der Waals surface area contributed by atoms with E-state index in [1.165, 1.54) is 0 Å². The lowest BCUT2D eigenvalue weighted by Gasteiger charge is -2.18. The summed E-state index contributed by atoms with van der Waals surface area (Å²) in [7, 11) is 1.88. The molecule has 1 amide bonds. The molecule has 0 aliphatic heterocycles. The summed E-state index contributed by atoms with van der Waals surface area (Å²) in [6, 6.07) is 16.4. The van der Waals surface area contributed by atoms with Gasteiger partial charge < -0.3 is 15.3 Å². The van der Waals surface area contributed by atoms with E-state index in [4.69, 9.17) is 11.6 Å². The Labute approximate surface area is 135 Å². The Hall–Kier alpha value is -1.88. The minimum absolute atomic E-state index is 0.0971. The molecule has 0 fully saturated rings. The number of carbonyl (C=O) groups excluding carboxylic acids is 1. The molecule has 3 N–H and O–H groups in total. The highest BCUT2D eigenvalue weighted by atomic mass is 35.5. The van der Waals surface area contributed by atoms with Gasteiger partial charge in [-0.05, 0) is 29.8 Å². The van der Waals surface area contributed by atoms with Gasteiger partial charge in [-0.2, -0.15) is 0 Å². The number of likely N-dealkylation sites (N-methyl/N-ethyl adjacent to an activating group) is 1. The van der Waals surface area contributed by atoms with E-state index in [1.54, 1.807) is 24.3 Å². The minimum atomic E-state index is -0.579. The summed E-state index contributed by atoms with van der Waals surface area (Å²) in [6.07, 6.45) is -0.579. The fourth-order valence-electron chi connectivity index (χ4n) is 2.21. The van der Waals surface area contributed by atoms with Gasteiger partial charge >= 0.3 is 0 Å². The normalized spacial score (nSPS) is 13.4. The molecule has 2 aromatic rings. The van der Waals surface area contributed by atoms with Crippen LogP contribution in [0.25, 0.3) is 0 Å². The highest BCUT2D eigenvalue weighted by Crippen LogP contribution is 2.13. The van der Waals surface area contributed by atoms with Crippen molar-refractivity contribution < 1.29 is 14.8 Å². The summed E-state index contributed by atoms with van der Waals surface area (Å²) in [5.74, 6) is -0.0971. The third kappa shape index (κ3) is 5.15. The number of aliphatic hydroxyl groups is 1. The fraction of sp³-hybridized carbons (Fsp3) is 0.235. The van der Waals surface area contributed by atoms with Gasteiger partial charge in [0.15, 0.2) is 6.54 Å². The molecule has 0 bridgehead atoms. The van der Waals surface area contributed by atoms with Crippen molar-refractivity contribution in [1.29, 1.82) is 0 Å². The number of halogens is 1. The Morgan fingerprint density at radius 2 is 1.82 bits per heavy atom. The summed E-state index contributed by atoms with van der Waals surface area (Å²) in [6.45, 7) is 0.755. The van der Waals surface area contributed by atoms with Gasteiger partial charge in [-0.1, -0.05) is 41.9 Å². The Morgan fingerprint density at radius 3 is 2.45 bits per heavy atom. The molecular formula is C17H20ClN2O2+. The van der Waals surface area contributed by atoms with E-state index in [0.29, 0.717) is 17.3 Å². The van der Waals surface area contributed by atoms with Gasteiger partial charge in [0.05, 0.1) is 7.05 Å². The van der Waals surface area contributed by atoms with Crippen LogP contribution in [0.4, 0.5) is 5.69 Å². The zero-order valence-electron chi connectivity index (χ0n) is 12.4. The second-order valence-electron chi connectivity index (χ2n) is 5.32. The van der Waals surface area contributed by atoms with E-state index in [1.807, 2.05) is 37.4 Å². The van der Waals surface area contributed by atoms with Crippen molar-refractivity contribution in [2.75, 3.05) is 25.5 Å². The van der Waals surface area contributed by atoms with E-state index in [0.717, 1.165) is 10.5 Å². The molecule has 4 nitrogen and oxygen atoms in total. The fourth-order valence-corrected chi connectivity index (χ4v) is 2.33. The molecule has 0 saturated carbocycles. The van der Waals surface area contributed by atoms with Crippen molar-refractivity contribution in [1.82, 2.24) is 0 Å². The van der Waals surface area contributed by atoms with E-state index >= 15 is 0 Å². The average molecular weight is 320 g/mol. The van der Waals surface area contributed by atoms with Crippen LogP contribution in [0.15, 0.2) is 54.6 Å². The predicted molar refractivity (Wildman–Crippen MR) is 88.1 cm³/mol. The van der Waals surface area contributed by atoms with Gasteiger partial charge in [-0.15, -0.1) is 0 Å². The van der Waals surface area contributed by atoms with Crippen LogP contribution in [0.5, 0.6) is 0 Å². The topological polar surface area (TPSA) is 53.8 Å². The van der Waals surface area contributed by atoms with Crippen LogP contribution < -0.4 is 10.2 Å². The van der Waals surface area contributed by atoms with Crippen molar-refractivity contribution in [2.45, 2.75) is 6.10 Å². The second kappa shape index (κ2) is 7.94. The maximum Gasteiger partial charge on any atom is 0.279 e. The van der Waals surface area contributed by atoms with Gasteiger partial charge in [-0.3, -0.25) is 4.79 Å². The molecule has 0 aliphatic rings. The van der Waals surface area contributed by atoms with Crippen molar-refractivity contribution in [2.24, 2.45) is 0 Å². The van der Waals surface area contributed by atoms with Crippen molar-refractivity contribution in [3.63, 3.8) is 0 Å². The maximum atomic E-state index is 12.0. The van der Waals surface area contributed by atoms with Gasteiger partial charge in [0.2, 0.25) is 0 Å². The lowest BCUT2D eigenvalue weighted by molar-refractivity contribution is -0.875. The Bertz CT molecular complexity index is 602. The maximum absolute atomic E-state index is 12.0. The van der Waals surface area contributed by atoms with E-state index in [2.05, 4.69) is 5.32 Å². The summed E-state index contributed by atoms with van der Waals surface area (Å²) < 4.78 is 0. The number of hydrogen-bond donors (Lipinski definition) is 3. The lowest BCUT2D eigenvalue weighted by atomic mass is 10.1. The van der Waals surface area contributed by atoms with Gasteiger partial charge in [0, 0.05) is 10.7 Å². The Kier molecular flexibility index (Phi) is 5.95. The van der Waals surface area contributed by atoms with E-state index in [9.17, 15) is 9.90 Å². The first-order chi connectivity index (χ1) is 10.5. The Morgan fingerprint density at radius 1 is 1.18 bits per heavy atom. The molecule has 116 valence electrons. The third-order valence-electron chi connectivity index (χ3n) is 3.32. The van der Waals surface area contributed by atoms with Crippen LogP contribution in [0.1, 0.15) is 11.7 Å². The molecular weight excluding hydrogens is 300 g/mol. The number of anilines is 1. The summed E-state index contributed by atoms with van der Waals surface area (Å²) in [5.41, 5.74) is 1.57. The van der Waals surface area contributed by atoms with Crippen LogP contribution in [0, 0.1) is 0 Å². The quantitative estimate of drug-likeness (QED) is 0.756. The van der Waals surface area contributed by atoms with Gasteiger partial charge in [-0.25, -0.2) is 0 Å². The molecule has 0 saturated heterocycles. The molecule has 2 rings (SSSR count). The zero-order valence-corrected chi connectivity index (χ0v) is 13.2. The SMILES string of the molecule is C[NH+](CC(=O)Nc1ccc(Cl)cc1)C[C@@H](O)c1ccccc1. The molecule has 0 aliphatic carbocycles. The van der Waals surface area contributed by atoms with Crippen LogP contribution in [-0.2, 0) is 4.79 Å². The average Bonchev–Trinajstić information content (AvgIpc) is 2.50. The number of hydrogen-bond acceptors (Lipinski definition) is 2. The zero-order chi connectivity index (χ0) is 15.9. The van der Waals surface area contributed by atoms with Crippen LogP contribution in [-0.4, -0.2) is 31.2 Å². The number of carbonyl (C=O) groups is 1. The van der Waals surface area contributed by atoms with Crippen molar-refractivity contribution in [3.05, 3.63) is 65.2 Å². The van der Waals surface area contributed by atoms with Gasteiger partial charge in [0.25, 0.3) is 5.91 Å². The summed E-state index contributed by atoms with van der Waals surface area (Å²) >= 11 is 5.80. The molecule has 22 heavy (non-hydrogen) atoms. The molecule has 5 heteroatoms. The molecule has 0 aromatic heterocycles. The predicted octanol–water partition coefficient (Wildman–Crippen LogP) is 1.53. The van der Waals surface area contributed by atoms with Crippen LogP contribution in [0.3, 0.4) is 0 Å².